The van der Waals surface area contributed by atoms with Crippen LogP contribution in [0.5, 0.6) is 0 Å². The maximum atomic E-state index is 13.2. The van der Waals surface area contributed by atoms with Crippen LogP contribution in [0.3, 0.4) is 0 Å². The molecule has 0 radical (unpaired) electrons. The monoisotopic (exact) mass is 414 g/mol. The second-order valence-electron chi connectivity index (χ2n) is 13.2. The fourth-order valence-corrected chi connectivity index (χ4v) is 4.47. The number of ketones is 2. The van der Waals surface area contributed by atoms with Crippen LogP contribution in [0.25, 0.3) is 0 Å². The van der Waals surface area contributed by atoms with Crippen molar-refractivity contribution < 1.29 is 9.59 Å². The van der Waals surface area contributed by atoms with Gasteiger partial charge in [0, 0.05) is 32.5 Å². The lowest BCUT2D eigenvalue weighted by molar-refractivity contribution is -0.139. The normalized spacial score (nSPS) is 14.6. The molecule has 2 heteroatoms. The molecule has 0 unspecified atom stereocenters. The molecule has 0 bridgehead atoms. The van der Waals surface area contributed by atoms with E-state index in [0.29, 0.717) is 0 Å². The van der Waals surface area contributed by atoms with Crippen molar-refractivity contribution in [2.75, 3.05) is 0 Å². The third-order valence-electron chi connectivity index (χ3n) is 7.95. The molecule has 0 spiro atoms. The third kappa shape index (κ3) is 4.43. The smallest absolute Gasteiger partial charge is 0.144 e. The van der Waals surface area contributed by atoms with Crippen LogP contribution in [0.2, 0.25) is 0 Å². The van der Waals surface area contributed by atoms with E-state index >= 15 is 0 Å². The number of carbonyl (C=O) groups excluding carboxylic acids is 2. The summed E-state index contributed by atoms with van der Waals surface area (Å²) in [6, 6.07) is 8.58. The van der Waals surface area contributed by atoms with E-state index in [-0.39, 0.29) is 33.2 Å². The van der Waals surface area contributed by atoms with E-state index in [1.165, 1.54) is 0 Å². The predicted molar refractivity (Wildman–Crippen MR) is 129 cm³/mol. The van der Waals surface area contributed by atoms with Crippen molar-refractivity contribution in [2.45, 2.75) is 108 Å². The largest absolute Gasteiger partial charge is 0.298 e. The first kappa shape index (κ1) is 26.6. The first-order valence-electron chi connectivity index (χ1n) is 11.2. The number of rotatable bonds is 6. The first-order valence-corrected chi connectivity index (χ1v) is 11.2. The Hall–Kier alpha value is -1.44. The quantitative estimate of drug-likeness (QED) is 0.482. The SMILES string of the molecule is CC(C)(C)C(=O)C(C)(C)C(C)(C)c1ccc(C(C)(C)C(C)(C)C(=O)C(C)(C)C)cc1. The van der Waals surface area contributed by atoms with E-state index in [1.54, 1.807) is 0 Å². The van der Waals surface area contributed by atoms with E-state index in [9.17, 15) is 9.59 Å². The van der Waals surface area contributed by atoms with Crippen molar-refractivity contribution in [3.05, 3.63) is 35.4 Å². The van der Waals surface area contributed by atoms with Gasteiger partial charge in [0.05, 0.1) is 0 Å². The Labute approximate surface area is 186 Å². The summed E-state index contributed by atoms with van der Waals surface area (Å²) in [5.74, 6) is 0.530. The van der Waals surface area contributed by atoms with Crippen LogP contribution in [-0.2, 0) is 20.4 Å². The molecular weight excluding hydrogens is 368 g/mol. The molecule has 0 aliphatic carbocycles. The standard InChI is InChI=1S/C28H46O2/c1-23(2,3)21(29)27(11,12)25(7,8)19-15-17-20(18-16-19)26(9,10)28(13,14)22(30)24(4,5)6/h15-18H,1-14H3. The van der Waals surface area contributed by atoms with Crippen LogP contribution in [0.15, 0.2) is 24.3 Å². The maximum Gasteiger partial charge on any atom is 0.144 e. The second kappa shape index (κ2) is 7.61. The third-order valence-corrected chi connectivity index (χ3v) is 7.95. The average molecular weight is 415 g/mol. The predicted octanol–water partition coefficient (Wildman–Crippen LogP) is 7.52. The number of benzene rings is 1. The van der Waals surface area contributed by atoms with Crippen molar-refractivity contribution in [3.8, 4) is 0 Å². The van der Waals surface area contributed by atoms with Gasteiger partial charge in [-0.25, -0.2) is 0 Å². The van der Waals surface area contributed by atoms with E-state index in [4.69, 9.17) is 0 Å². The van der Waals surface area contributed by atoms with Crippen LogP contribution >= 0.6 is 0 Å². The minimum atomic E-state index is -0.510. The maximum absolute atomic E-state index is 13.2. The van der Waals surface area contributed by atoms with Gasteiger partial charge in [0.2, 0.25) is 0 Å². The van der Waals surface area contributed by atoms with Gasteiger partial charge in [0.1, 0.15) is 11.6 Å². The molecule has 0 amide bonds. The number of hydrogen-bond donors (Lipinski definition) is 0. The van der Waals surface area contributed by atoms with Gasteiger partial charge in [0.15, 0.2) is 0 Å². The number of hydrogen-bond acceptors (Lipinski definition) is 2. The number of Topliss-reactive ketones (excluding diaryl/α,β-unsaturated/α-hetero) is 2. The Morgan fingerprint density at radius 1 is 0.467 bits per heavy atom. The van der Waals surface area contributed by atoms with Crippen molar-refractivity contribution >= 4 is 11.6 Å². The molecule has 170 valence electrons. The van der Waals surface area contributed by atoms with E-state index in [1.807, 2.05) is 41.5 Å². The van der Waals surface area contributed by atoms with Gasteiger partial charge in [-0.15, -0.1) is 0 Å². The molecule has 0 saturated heterocycles. The summed E-state index contributed by atoms with van der Waals surface area (Å²) in [5, 5.41) is 0. The van der Waals surface area contributed by atoms with Gasteiger partial charge in [-0.3, -0.25) is 9.59 Å². The Morgan fingerprint density at radius 3 is 0.833 bits per heavy atom. The topological polar surface area (TPSA) is 34.1 Å². The second-order valence-corrected chi connectivity index (χ2v) is 13.2. The van der Waals surface area contributed by atoms with E-state index < -0.39 is 10.8 Å². The van der Waals surface area contributed by atoms with Crippen molar-refractivity contribution in [2.24, 2.45) is 21.7 Å². The summed E-state index contributed by atoms with van der Waals surface area (Å²) >= 11 is 0. The van der Waals surface area contributed by atoms with Crippen LogP contribution < -0.4 is 0 Å². The molecule has 30 heavy (non-hydrogen) atoms. The minimum absolute atomic E-state index is 0.265. The zero-order chi connectivity index (χ0) is 24.1. The van der Waals surface area contributed by atoms with Crippen molar-refractivity contribution in [3.63, 3.8) is 0 Å². The van der Waals surface area contributed by atoms with Crippen LogP contribution in [0.4, 0.5) is 0 Å². The summed E-state index contributed by atoms with van der Waals surface area (Å²) in [6.45, 7) is 28.8. The number of carbonyl (C=O) groups is 2. The molecule has 0 N–H and O–H groups in total. The van der Waals surface area contributed by atoms with E-state index in [2.05, 4.69) is 79.7 Å². The molecule has 1 aromatic carbocycles. The highest BCUT2D eigenvalue weighted by molar-refractivity contribution is 5.91. The van der Waals surface area contributed by atoms with Gasteiger partial charge in [-0.1, -0.05) is 121 Å². The van der Waals surface area contributed by atoms with Gasteiger partial charge < -0.3 is 0 Å². The van der Waals surface area contributed by atoms with Crippen LogP contribution in [0, 0.1) is 21.7 Å². The average Bonchev–Trinajstić information content (AvgIpc) is 2.58. The van der Waals surface area contributed by atoms with Gasteiger partial charge in [-0.2, -0.15) is 0 Å². The highest BCUT2D eigenvalue weighted by Gasteiger charge is 2.49. The summed E-state index contributed by atoms with van der Waals surface area (Å²) in [6.07, 6.45) is 0. The Kier molecular flexibility index (Phi) is 6.74. The lowest BCUT2D eigenvalue weighted by atomic mass is 9.57. The molecule has 0 heterocycles. The zero-order valence-electron chi connectivity index (χ0n) is 22.1. The molecule has 0 atom stereocenters. The lowest BCUT2D eigenvalue weighted by Gasteiger charge is -2.45. The Bertz CT molecular complexity index is 720. The van der Waals surface area contributed by atoms with Gasteiger partial charge in [0.25, 0.3) is 0 Å². The lowest BCUT2D eigenvalue weighted by Crippen LogP contribution is -2.48. The summed E-state index contributed by atoms with van der Waals surface area (Å²) in [7, 11) is 0. The molecule has 0 aromatic heterocycles. The highest BCUT2D eigenvalue weighted by atomic mass is 16.1. The summed E-state index contributed by atoms with van der Waals surface area (Å²) < 4.78 is 0. The van der Waals surface area contributed by atoms with Crippen LogP contribution in [-0.4, -0.2) is 11.6 Å². The fourth-order valence-electron chi connectivity index (χ4n) is 4.47. The summed E-state index contributed by atoms with van der Waals surface area (Å²) in [4.78, 5) is 26.4. The van der Waals surface area contributed by atoms with Gasteiger partial charge >= 0.3 is 0 Å². The molecule has 0 fully saturated rings. The van der Waals surface area contributed by atoms with Crippen molar-refractivity contribution in [1.29, 1.82) is 0 Å². The van der Waals surface area contributed by atoms with Crippen molar-refractivity contribution in [1.82, 2.24) is 0 Å². The Balaban J connectivity index is 3.40. The molecule has 2 nitrogen and oxygen atoms in total. The van der Waals surface area contributed by atoms with Gasteiger partial charge in [-0.05, 0) is 11.1 Å². The van der Waals surface area contributed by atoms with Crippen LogP contribution in [0.1, 0.15) is 108 Å². The van der Waals surface area contributed by atoms with E-state index in [0.717, 1.165) is 11.1 Å². The molecule has 1 rings (SSSR count). The minimum Gasteiger partial charge on any atom is -0.298 e. The molecular formula is C28H46O2. The molecule has 1 aromatic rings. The first-order chi connectivity index (χ1) is 13.0. The molecule has 0 saturated carbocycles. The Morgan fingerprint density at radius 2 is 0.667 bits per heavy atom. The molecule has 0 aliphatic rings. The summed E-state index contributed by atoms with van der Waals surface area (Å²) in [5.41, 5.74) is -0.157. The zero-order valence-corrected chi connectivity index (χ0v) is 22.1. The highest BCUT2D eigenvalue weighted by Crippen LogP contribution is 2.48. The fraction of sp³-hybridized carbons (Fsp3) is 0.714. The molecule has 0 aliphatic heterocycles.